The molecule has 6 nitrogen and oxygen atoms in total. The van der Waals surface area contributed by atoms with E-state index in [1.807, 2.05) is 0 Å². The molecule has 0 aliphatic carbocycles. The Hall–Kier alpha value is -1.54. The van der Waals surface area contributed by atoms with Crippen LogP contribution in [0.2, 0.25) is 0 Å². The third-order valence-electron chi connectivity index (χ3n) is 2.68. The average Bonchev–Trinajstić information content (AvgIpc) is 3.13. The van der Waals surface area contributed by atoms with E-state index in [0.717, 1.165) is 34.4 Å². The predicted octanol–water partition coefficient (Wildman–Crippen LogP) is 3.42. The zero-order valence-corrected chi connectivity index (χ0v) is 13.6. The molecular weight excluding hydrogens is 310 g/mol. The first kappa shape index (κ1) is 15.8. The van der Waals surface area contributed by atoms with Gasteiger partial charge in [0.15, 0.2) is 4.34 Å². The van der Waals surface area contributed by atoms with Gasteiger partial charge in [-0.05, 0) is 12.5 Å². The highest BCUT2D eigenvalue weighted by Gasteiger charge is 2.16. The largest absolute Gasteiger partial charge is 0.463 e. The number of furan rings is 1. The lowest BCUT2D eigenvalue weighted by atomic mass is 10.3. The molecule has 0 saturated heterocycles. The first-order valence-corrected chi connectivity index (χ1v) is 8.39. The van der Waals surface area contributed by atoms with Gasteiger partial charge in [-0.15, -0.1) is 10.2 Å². The lowest BCUT2D eigenvalue weighted by Crippen LogP contribution is -2.02. The number of hydrogen-bond acceptors (Lipinski definition) is 8. The van der Waals surface area contributed by atoms with Crippen LogP contribution >= 0.6 is 23.1 Å². The molecule has 0 saturated carbocycles. The molecule has 2 aromatic heterocycles. The van der Waals surface area contributed by atoms with Crippen LogP contribution in [0, 0.1) is 0 Å². The smallest absolute Gasteiger partial charge is 0.374 e. The number of unbranched alkanes of at least 4 members (excludes halogenated alkanes) is 1. The highest BCUT2D eigenvalue weighted by Crippen LogP contribution is 2.29. The average molecular weight is 327 g/mol. The number of methoxy groups -OCH3 is 1. The molecule has 0 amide bonds. The highest BCUT2D eigenvalue weighted by molar-refractivity contribution is 8.00. The van der Waals surface area contributed by atoms with Gasteiger partial charge < -0.3 is 14.5 Å². The van der Waals surface area contributed by atoms with Gasteiger partial charge in [0.1, 0.15) is 0 Å². The molecule has 1 N–H and O–H groups in total. The van der Waals surface area contributed by atoms with Gasteiger partial charge in [0.05, 0.1) is 13.4 Å². The van der Waals surface area contributed by atoms with E-state index in [0.29, 0.717) is 5.75 Å². The Balaban J connectivity index is 1.88. The van der Waals surface area contributed by atoms with Crippen LogP contribution in [0.4, 0.5) is 5.13 Å². The van der Waals surface area contributed by atoms with Crippen molar-refractivity contribution in [2.24, 2.45) is 0 Å². The van der Waals surface area contributed by atoms with E-state index in [1.165, 1.54) is 36.5 Å². The predicted molar refractivity (Wildman–Crippen MR) is 82.9 cm³/mol. The molecule has 0 bridgehead atoms. The highest BCUT2D eigenvalue weighted by atomic mass is 32.2. The Morgan fingerprint density at radius 2 is 2.38 bits per heavy atom. The Morgan fingerprint density at radius 1 is 1.52 bits per heavy atom. The van der Waals surface area contributed by atoms with E-state index in [-0.39, 0.29) is 5.76 Å². The van der Waals surface area contributed by atoms with Crippen LogP contribution in [0.15, 0.2) is 21.1 Å². The standard InChI is InChI=1S/C13H17N3O3S2/c1-3-4-6-14-12-15-16-13(21-12)20-8-9-5-7-19-10(9)11(17)18-2/h5,7H,3-4,6,8H2,1-2H3,(H,14,15). The van der Waals surface area contributed by atoms with Crippen molar-refractivity contribution in [2.75, 3.05) is 19.0 Å². The minimum absolute atomic E-state index is 0.246. The van der Waals surface area contributed by atoms with Crippen molar-refractivity contribution in [1.29, 1.82) is 0 Å². The monoisotopic (exact) mass is 327 g/mol. The summed E-state index contributed by atoms with van der Waals surface area (Å²) >= 11 is 3.03. The summed E-state index contributed by atoms with van der Waals surface area (Å²) in [4.78, 5) is 11.5. The van der Waals surface area contributed by atoms with Crippen LogP contribution in [0.3, 0.4) is 0 Å². The lowest BCUT2D eigenvalue weighted by molar-refractivity contribution is 0.0564. The molecule has 0 aromatic carbocycles. The summed E-state index contributed by atoms with van der Waals surface area (Å²) in [5.74, 6) is 0.371. The molecular formula is C13H17N3O3S2. The first-order chi connectivity index (χ1) is 10.2. The van der Waals surface area contributed by atoms with Gasteiger partial charge >= 0.3 is 5.97 Å². The second-order valence-electron chi connectivity index (χ2n) is 4.21. The maximum Gasteiger partial charge on any atom is 0.374 e. The van der Waals surface area contributed by atoms with Gasteiger partial charge in [-0.25, -0.2) is 4.79 Å². The zero-order valence-electron chi connectivity index (χ0n) is 11.9. The Labute approximate surface area is 131 Å². The number of ether oxygens (including phenoxy) is 1. The van der Waals surface area contributed by atoms with Crippen molar-refractivity contribution in [3.8, 4) is 0 Å². The minimum Gasteiger partial charge on any atom is -0.463 e. The van der Waals surface area contributed by atoms with Crippen molar-refractivity contribution in [3.05, 3.63) is 23.7 Å². The molecule has 0 radical (unpaired) electrons. The second kappa shape index (κ2) is 8.04. The number of aromatic nitrogens is 2. The maximum atomic E-state index is 11.5. The molecule has 0 atom stereocenters. The third kappa shape index (κ3) is 4.47. The summed E-state index contributed by atoms with van der Waals surface area (Å²) in [5, 5.41) is 12.3. The van der Waals surface area contributed by atoms with Gasteiger partial charge in [0, 0.05) is 17.9 Å². The van der Waals surface area contributed by atoms with E-state index >= 15 is 0 Å². The number of carbonyl (C=O) groups is 1. The number of hydrogen-bond donors (Lipinski definition) is 1. The number of rotatable bonds is 8. The fraction of sp³-hybridized carbons (Fsp3) is 0.462. The van der Waals surface area contributed by atoms with Crippen molar-refractivity contribution in [3.63, 3.8) is 0 Å². The fourth-order valence-electron chi connectivity index (χ4n) is 1.57. The minimum atomic E-state index is -0.463. The summed E-state index contributed by atoms with van der Waals surface area (Å²) in [7, 11) is 1.33. The Bertz CT molecular complexity index is 583. The Morgan fingerprint density at radius 3 is 3.14 bits per heavy atom. The maximum absolute atomic E-state index is 11.5. The fourth-order valence-corrected chi connectivity index (χ4v) is 3.33. The van der Waals surface area contributed by atoms with Crippen molar-refractivity contribution < 1.29 is 13.9 Å². The lowest BCUT2D eigenvalue weighted by Gasteiger charge is -1.99. The molecule has 21 heavy (non-hydrogen) atoms. The van der Waals surface area contributed by atoms with Gasteiger partial charge in [-0.2, -0.15) is 0 Å². The van der Waals surface area contributed by atoms with Crippen LogP contribution in [0.1, 0.15) is 35.9 Å². The number of esters is 1. The number of thioether (sulfide) groups is 1. The van der Waals surface area contributed by atoms with Gasteiger partial charge in [-0.1, -0.05) is 36.4 Å². The number of carbonyl (C=O) groups excluding carboxylic acids is 1. The van der Waals surface area contributed by atoms with Crippen LogP contribution in [-0.2, 0) is 10.5 Å². The molecule has 2 heterocycles. The SMILES string of the molecule is CCCCNc1nnc(SCc2ccoc2C(=O)OC)s1. The molecule has 0 aliphatic heterocycles. The van der Waals surface area contributed by atoms with Crippen molar-refractivity contribution in [1.82, 2.24) is 10.2 Å². The molecule has 0 unspecified atom stereocenters. The van der Waals surface area contributed by atoms with Crippen LogP contribution < -0.4 is 5.32 Å². The van der Waals surface area contributed by atoms with Crippen LogP contribution in [-0.4, -0.2) is 29.8 Å². The van der Waals surface area contributed by atoms with Gasteiger partial charge in [0.2, 0.25) is 10.9 Å². The van der Waals surface area contributed by atoms with E-state index < -0.39 is 5.97 Å². The summed E-state index contributed by atoms with van der Waals surface area (Å²) in [6, 6.07) is 1.76. The number of nitrogens with zero attached hydrogens (tertiary/aromatic N) is 2. The van der Waals surface area contributed by atoms with E-state index in [4.69, 9.17) is 4.42 Å². The van der Waals surface area contributed by atoms with E-state index in [2.05, 4.69) is 27.2 Å². The normalized spacial score (nSPS) is 10.6. The first-order valence-electron chi connectivity index (χ1n) is 6.59. The number of anilines is 1. The summed E-state index contributed by atoms with van der Waals surface area (Å²) in [5.41, 5.74) is 0.794. The summed E-state index contributed by atoms with van der Waals surface area (Å²) in [6.07, 6.45) is 3.74. The summed E-state index contributed by atoms with van der Waals surface area (Å²) in [6.45, 7) is 3.05. The van der Waals surface area contributed by atoms with Gasteiger partial charge in [-0.3, -0.25) is 0 Å². The number of nitrogens with one attached hydrogen (secondary N) is 1. The summed E-state index contributed by atoms with van der Waals surface area (Å²) < 4.78 is 10.7. The molecule has 0 aliphatic rings. The van der Waals surface area contributed by atoms with Crippen molar-refractivity contribution >= 4 is 34.2 Å². The topological polar surface area (TPSA) is 77.3 Å². The van der Waals surface area contributed by atoms with Crippen molar-refractivity contribution in [2.45, 2.75) is 29.9 Å². The molecule has 114 valence electrons. The molecule has 2 aromatic rings. The molecule has 0 spiro atoms. The molecule has 2 rings (SSSR count). The third-order valence-corrected chi connectivity index (χ3v) is 4.74. The zero-order chi connectivity index (χ0) is 15.1. The van der Waals surface area contributed by atoms with Crippen LogP contribution in [0.25, 0.3) is 0 Å². The second-order valence-corrected chi connectivity index (χ2v) is 6.41. The van der Waals surface area contributed by atoms with Gasteiger partial charge in [0.25, 0.3) is 0 Å². The van der Waals surface area contributed by atoms with E-state index in [1.54, 1.807) is 6.07 Å². The quantitative estimate of drug-likeness (QED) is 0.452. The molecule has 0 fully saturated rings. The molecule has 8 heteroatoms. The van der Waals surface area contributed by atoms with Crippen LogP contribution in [0.5, 0.6) is 0 Å². The van der Waals surface area contributed by atoms with E-state index in [9.17, 15) is 4.79 Å². The Kier molecular flexibility index (Phi) is 6.06.